The number of nitrogens with two attached hydrogens (primary N) is 1. The minimum atomic E-state index is -0.615. The van der Waals surface area contributed by atoms with E-state index in [2.05, 4.69) is 0 Å². The average Bonchev–Trinajstić information content (AvgIpc) is 2.59. The zero-order chi connectivity index (χ0) is 17.3. The number of carbonyl (C=O) groups is 2. The molecule has 3 rings (SSSR count). The molecule has 7 heteroatoms. The average molecular weight is 333 g/mol. The van der Waals surface area contributed by atoms with Crippen LogP contribution < -0.4 is 15.4 Å². The Balaban J connectivity index is 1.87. The van der Waals surface area contributed by atoms with Crippen molar-refractivity contribution in [3.8, 4) is 5.75 Å². The van der Waals surface area contributed by atoms with Gasteiger partial charge < -0.3 is 20.1 Å². The Morgan fingerprint density at radius 1 is 1.38 bits per heavy atom. The largest absolute Gasteiger partial charge is 0.479 e. The summed E-state index contributed by atoms with van der Waals surface area (Å²) in [6, 6.07) is 5.36. The van der Waals surface area contributed by atoms with Crippen LogP contribution in [0.2, 0.25) is 0 Å². The van der Waals surface area contributed by atoms with E-state index in [4.69, 9.17) is 15.2 Å². The third-order valence-electron chi connectivity index (χ3n) is 4.37. The lowest BCUT2D eigenvalue weighted by Gasteiger charge is -2.35. The summed E-state index contributed by atoms with van der Waals surface area (Å²) < 4.78 is 10.9. The second-order valence-electron chi connectivity index (χ2n) is 6.19. The molecular weight excluding hydrogens is 310 g/mol. The molecule has 1 saturated heterocycles. The van der Waals surface area contributed by atoms with Gasteiger partial charge in [-0.2, -0.15) is 0 Å². The summed E-state index contributed by atoms with van der Waals surface area (Å²) in [6.45, 7) is 5.74. The zero-order valence-corrected chi connectivity index (χ0v) is 14.0. The van der Waals surface area contributed by atoms with Gasteiger partial charge in [-0.3, -0.25) is 14.5 Å². The van der Waals surface area contributed by atoms with Crippen LogP contribution in [0, 0.1) is 0 Å². The Labute approximate surface area is 141 Å². The van der Waals surface area contributed by atoms with E-state index in [9.17, 15) is 9.59 Å². The van der Waals surface area contributed by atoms with Crippen molar-refractivity contribution in [2.45, 2.75) is 26.0 Å². The number of ether oxygens (including phenoxy) is 2. The van der Waals surface area contributed by atoms with E-state index in [1.54, 1.807) is 11.8 Å². The second kappa shape index (κ2) is 6.78. The minimum absolute atomic E-state index is 0.00192. The molecule has 130 valence electrons. The maximum absolute atomic E-state index is 12.6. The molecule has 0 saturated carbocycles. The van der Waals surface area contributed by atoms with Crippen LogP contribution in [-0.4, -0.2) is 55.7 Å². The van der Waals surface area contributed by atoms with Gasteiger partial charge in [-0.05, 0) is 31.5 Å². The van der Waals surface area contributed by atoms with Gasteiger partial charge in [0.25, 0.3) is 5.91 Å². The van der Waals surface area contributed by atoms with E-state index in [1.807, 2.05) is 25.1 Å². The number of hydrogen-bond acceptors (Lipinski definition) is 5. The first-order chi connectivity index (χ1) is 11.5. The van der Waals surface area contributed by atoms with Gasteiger partial charge in [-0.15, -0.1) is 0 Å². The summed E-state index contributed by atoms with van der Waals surface area (Å²) in [5.74, 6) is 0.296. The summed E-state index contributed by atoms with van der Waals surface area (Å²) in [5, 5.41) is 0. The van der Waals surface area contributed by atoms with Crippen LogP contribution in [0.5, 0.6) is 5.75 Å². The minimum Gasteiger partial charge on any atom is -0.479 e. The fourth-order valence-corrected chi connectivity index (χ4v) is 2.92. The third kappa shape index (κ3) is 3.22. The summed E-state index contributed by atoms with van der Waals surface area (Å²) in [7, 11) is 0. The molecule has 0 aromatic heterocycles. The van der Waals surface area contributed by atoms with Crippen molar-refractivity contribution in [1.29, 1.82) is 0 Å². The molecule has 0 bridgehead atoms. The molecule has 1 aromatic rings. The Kier molecular flexibility index (Phi) is 4.73. The molecule has 7 nitrogen and oxygen atoms in total. The number of morpholine rings is 1. The van der Waals surface area contributed by atoms with Gasteiger partial charge >= 0.3 is 0 Å². The molecule has 2 N–H and O–H groups in total. The van der Waals surface area contributed by atoms with Crippen molar-refractivity contribution < 1.29 is 19.1 Å². The summed E-state index contributed by atoms with van der Waals surface area (Å²) in [4.78, 5) is 28.4. The summed E-state index contributed by atoms with van der Waals surface area (Å²) in [6.07, 6.45) is -0.615. The fraction of sp³-hybridized carbons (Fsp3) is 0.529. The van der Waals surface area contributed by atoms with E-state index in [1.165, 1.54) is 4.90 Å². The molecule has 24 heavy (non-hydrogen) atoms. The quantitative estimate of drug-likeness (QED) is 0.879. The lowest BCUT2D eigenvalue weighted by atomic mass is 10.1. The molecule has 0 spiro atoms. The first-order valence-electron chi connectivity index (χ1n) is 8.20. The highest BCUT2D eigenvalue weighted by atomic mass is 16.5. The van der Waals surface area contributed by atoms with Crippen molar-refractivity contribution in [3.05, 3.63) is 23.8 Å². The van der Waals surface area contributed by atoms with Crippen LogP contribution in [0.25, 0.3) is 0 Å². The fourth-order valence-electron chi connectivity index (χ4n) is 2.92. The number of hydrogen-bond donors (Lipinski definition) is 1. The zero-order valence-electron chi connectivity index (χ0n) is 14.0. The van der Waals surface area contributed by atoms with Crippen LogP contribution in [-0.2, 0) is 14.3 Å². The van der Waals surface area contributed by atoms with Crippen LogP contribution in [0.4, 0.5) is 5.69 Å². The van der Waals surface area contributed by atoms with Crippen molar-refractivity contribution in [2.24, 2.45) is 5.73 Å². The lowest BCUT2D eigenvalue weighted by Crippen LogP contribution is -2.51. The van der Waals surface area contributed by atoms with E-state index >= 15 is 0 Å². The molecule has 2 atom stereocenters. The molecule has 2 aliphatic rings. The first-order valence-corrected chi connectivity index (χ1v) is 8.20. The maximum atomic E-state index is 12.6. The van der Waals surface area contributed by atoms with E-state index in [0.717, 1.165) is 5.56 Å². The number of amides is 2. The van der Waals surface area contributed by atoms with Crippen LogP contribution in [0.3, 0.4) is 0 Å². The summed E-state index contributed by atoms with van der Waals surface area (Å²) in [5.41, 5.74) is 7.44. The summed E-state index contributed by atoms with van der Waals surface area (Å²) >= 11 is 0. The molecule has 2 aliphatic heterocycles. The van der Waals surface area contributed by atoms with Crippen LogP contribution >= 0.6 is 0 Å². The smallest absolute Gasteiger partial charge is 0.268 e. The Hall–Kier alpha value is -2.12. The lowest BCUT2D eigenvalue weighted by molar-refractivity contribution is -0.136. The SMILES string of the molecule is CC1Oc2ccc(C(C)N)cc2N(CC(=O)N2CCOCC2)C1=O. The number of nitrogens with zero attached hydrogens (tertiary/aromatic N) is 2. The van der Waals surface area contributed by atoms with Gasteiger partial charge in [-0.25, -0.2) is 0 Å². The van der Waals surface area contributed by atoms with E-state index < -0.39 is 6.10 Å². The number of rotatable bonds is 3. The highest BCUT2D eigenvalue weighted by molar-refractivity contribution is 6.03. The normalized spacial score (nSPS) is 22.0. The molecule has 2 unspecified atom stereocenters. The topological polar surface area (TPSA) is 85.1 Å². The van der Waals surface area contributed by atoms with Crippen molar-refractivity contribution in [2.75, 3.05) is 37.7 Å². The number of fused-ring (bicyclic) bond motifs is 1. The van der Waals surface area contributed by atoms with Crippen LogP contribution in [0.15, 0.2) is 18.2 Å². The molecule has 1 aromatic carbocycles. The van der Waals surface area contributed by atoms with Crippen LogP contribution in [0.1, 0.15) is 25.5 Å². The van der Waals surface area contributed by atoms with Crippen molar-refractivity contribution in [1.82, 2.24) is 4.90 Å². The maximum Gasteiger partial charge on any atom is 0.268 e. The molecule has 1 fully saturated rings. The Morgan fingerprint density at radius 3 is 2.75 bits per heavy atom. The monoisotopic (exact) mass is 333 g/mol. The highest BCUT2D eigenvalue weighted by Crippen LogP contribution is 2.35. The number of benzene rings is 1. The van der Waals surface area contributed by atoms with E-state index in [0.29, 0.717) is 37.7 Å². The molecular formula is C17H23N3O4. The van der Waals surface area contributed by atoms with Gasteiger partial charge in [0, 0.05) is 19.1 Å². The Bertz CT molecular complexity index is 641. The van der Waals surface area contributed by atoms with Gasteiger partial charge in [0.1, 0.15) is 12.3 Å². The van der Waals surface area contributed by atoms with Gasteiger partial charge in [0.15, 0.2) is 6.10 Å². The molecule has 2 amide bonds. The first kappa shape index (κ1) is 16.7. The standard InChI is InChI=1S/C17H23N3O4/c1-11(18)13-3-4-15-14(9-13)20(17(22)12(2)24-15)10-16(21)19-5-7-23-8-6-19/h3-4,9,11-12H,5-8,10,18H2,1-2H3. The molecule has 0 aliphatic carbocycles. The Morgan fingerprint density at radius 2 is 2.08 bits per heavy atom. The molecule has 0 radical (unpaired) electrons. The molecule has 2 heterocycles. The van der Waals surface area contributed by atoms with Gasteiger partial charge in [0.05, 0.1) is 18.9 Å². The predicted octanol–water partition coefficient (Wildman–Crippen LogP) is 0.679. The highest BCUT2D eigenvalue weighted by Gasteiger charge is 2.34. The second-order valence-corrected chi connectivity index (χ2v) is 6.19. The van der Waals surface area contributed by atoms with Crippen molar-refractivity contribution in [3.63, 3.8) is 0 Å². The van der Waals surface area contributed by atoms with Gasteiger partial charge in [0.2, 0.25) is 5.91 Å². The van der Waals surface area contributed by atoms with E-state index in [-0.39, 0.29) is 24.4 Å². The predicted molar refractivity (Wildman–Crippen MR) is 88.9 cm³/mol. The third-order valence-corrected chi connectivity index (χ3v) is 4.37. The number of carbonyl (C=O) groups excluding carboxylic acids is 2. The number of anilines is 1. The van der Waals surface area contributed by atoms with Gasteiger partial charge in [-0.1, -0.05) is 6.07 Å². The van der Waals surface area contributed by atoms with Crippen molar-refractivity contribution >= 4 is 17.5 Å².